The van der Waals surface area contributed by atoms with Crippen LogP contribution < -0.4 is 5.32 Å². The van der Waals surface area contributed by atoms with Gasteiger partial charge in [0.1, 0.15) is 0 Å². The van der Waals surface area contributed by atoms with Crippen molar-refractivity contribution in [3.8, 4) is 0 Å². The van der Waals surface area contributed by atoms with E-state index in [1.807, 2.05) is 6.92 Å². The highest BCUT2D eigenvalue weighted by Gasteiger charge is 2.24. The molecule has 1 atom stereocenters. The third-order valence-corrected chi connectivity index (χ3v) is 3.60. The Morgan fingerprint density at radius 1 is 1.33 bits per heavy atom. The van der Waals surface area contributed by atoms with Gasteiger partial charge in [0.25, 0.3) is 5.91 Å². The molecule has 2 amide bonds. The highest BCUT2D eigenvalue weighted by atomic mass is 16.5. The van der Waals surface area contributed by atoms with Crippen LogP contribution in [0, 0.1) is 0 Å². The molecule has 0 fully saturated rings. The van der Waals surface area contributed by atoms with Crippen molar-refractivity contribution in [2.75, 3.05) is 25.6 Å². The monoisotopic (exact) mass is 336 g/mol. The Morgan fingerprint density at radius 2 is 2.04 bits per heavy atom. The number of hydrogen-bond donors (Lipinski definition) is 2. The number of carbonyl (C=O) groups is 3. The summed E-state index contributed by atoms with van der Waals surface area (Å²) in [5.74, 6) is -0.969. The van der Waals surface area contributed by atoms with Crippen molar-refractivity contribution < 1.29 is 24.2 Å². The van der Waals surface area contributed by atoms with Crippen LogP contribution >= 0.6 is 0 Å². The van der Waals surface area contributed by atoms with Gasteiger partial charge in [-0.3, -0.25) is 14.4 Å². The van der Waals surface area contributed by atoms with Crippen LogP contribution in [0.4, 0.5) is 5.69 Å². The van der Waals surface area contributed by atoms with E-state index in [1.165, 1.54) is 18.9 Å². The largest absolute Gasteiger partial charge is 0.469 e. The number of hydrogen-bond acceptors (Lipinski definition) is 5. The zero-order chi connectivity index (χ0) is 18.1. The first kappa shape index (κ1) is 19.6. The van der Waals surface area contributed by atoms with Gasteiger partial charge in [-0.25, -0.2) is 0 Å². The Bertz CT molecular complexity index is 584. The first-order chi connectivity index (χ1) is 11.4. The fraction of sp³-hybridized carbons (Fsp3) is 0.471. The van der Waals surface area contributed by atoms with E-state index >= 15 is 0 Å². The molecule has 0 aromatic heterocycles. The molecule has 24 heavy (non-hydrogen) atoms. The second kappa shape index (κ2) is 9.67. The van der Waals surface area contributed by atoms with E-state index in [9.17, 15) is 19.5 Å². The number of methoxy groups -OCH3 is 1. The molecule has 0 heterocycles. The predicted molar refractivity (Wildman–Crippen MR) is 89.6 cm³/mol. The van der Waals surface area contributed by atoms with Gasteiger partial charge >= 0.3 is 5.97 Å². The second-order valence-electron chi connectivity index (χ2n) is 5.33. The number of benzene rings is 1. The number of esters is 1. The molecule has 0 spiro atoms. The van der Waals surface area contributed by atoms with Gasteiger partial charge in [0, 0.05) is 24.7 Å². The number of nitrogens with one attached hydrogen (secondary N) is 1. The first-order valence-electron chi connectivity index (χ1n) is 7.79. The molecule has 1 rings (SSSR count). The lowest BCUT2D eigenvalue weighted by molar-refractivity contribution is -0.141. The zero-order valence-corrected chi connectivity index (χ0v) is 14.2. The molecule has 1 aromatic rings. The van der Waals surface area contributed by atoms with Gasteiger partial charge in [0.2, 0.25) is 5.91 Å². The molecule has 0 radical (unpaired) electrons. The summed E-state index contributed by atoms with van der Waals surface area (Å²) >= 11 is 0. The smallest absolute Gasteiger partial charge is 0.307 e. The summed E-state index contributed by atoms with van der Waals surface area (Å²) in [4.78, 5) is 36.8. The van der Waals surface area contributed by atoms with E-state index in [0.717, 1.165) is 0 Å². The first-order valence-corrected chi connectivity index (χ1v) is 7.79. The summed E-state index contributed by atoms with van der Waals surface area (Å²) in [5, 5.41) is 12.1. The van der Waals surface area contributed by atoms with Crippen molar-refractivity contribution in [2.24, 2.45) is 0 Å². The molecular weight excluding hydrogens is 312 g/mol. The number of ether oxygens (including phenoxy) is 1. The Balaban J connectivity index is 3.01. The Kier molecular flexibility index (Phi) is 7.91. The van der Waals surface area contributed by atoms with Crippen molar-refractivity contribution in [1.29, 1.82) is 0 Å². The highest BCUT2D eigenvalue weighted by molar-refractivity contribution is 5.97. The molecule has 0 aliphatic carbocycles. The summed E-state index contributed by atoms with van der Waals surface area (Å²) in [6.07, 6.45) is 0.596. The number of aliphatic hydroxyl groups is 1. The maximum absolute atomic E-state index is 12.8. The SMILES string of the molecule is CCC(CO)N(CCC(=O)OC)C(=O)c1cccc(NC(C)=O)c1. The van der Waals surface area contributed by atoms with E-state index in [2.05, 4.69) is 10.1 Å². The van der Waals surface area contributed by atoms with E-state index < -0.39 is 12.0 Å². The molecule has 0 saturated carbocycles. The fourth-order valence-electron chi connectivity index (χ4n) is 2.31. The van der Waals surface area contributed by atoms with Crippen LogP contribution in [0.2, 0.25) is 0 Å². The number of anilines is 1. The molecule has 1 aromatic carbocycles. The summed E-state index contributed by atoms with van der Waals surface area (Å²) in [7, 11) is 1.29. The van der Waals surface area contributed by atoms with E-state index in [0.29, 0.717) is 17.7 Å². The Morgan fingerprint density at radius 3 is 2.58 bits per heavy atom. The van der Waals surface area contributed by atoms with Gasteiger partial charge in [-0.1, -0.05) is 13.0 Å². The summed E-state index contributed by atoms with van der Waals surface area (Å²) in [6, 6.07) is 6.14. The number of amides is 2. The van der Waals surface area contributed by atoms with Crippen LogP contribution in [0.5, 0.6) is 0 Å². The maximum atomic E-state index is 12.8. The second-order valence-corrected chi connectivity index (χ2v) is 5.33. The lowest BCUT2D eigenvalue weighted by Gasteiger charge is -2.30. The maximum Gasteiger partial charge on any atom is 0.307 e. The van der Waals surface area contributed by atoms with Crippen molar-refractivity contribution in [2.45, 2.75) is 32.7 Å². The minimum Gasteiger partial charge on any atom is -0.469 e. The van der Waals surface area contributed by atoms with Crippen molar-refractivity contribution in [3.05, 3.63) is 29.8 Å². The average molecular weight is 336 g/mol. The van der Waals surface area contributed by atoms with Crippen molar-refractivity contribution in [3.63, 3.8) is 0 Å². The van der Waals surface area contributed by atoms with Gasteiger partial charge in [-0.2, -0.15) is 0 Å². The predicted octanol–water partition coefficient (Wildman–Crippen LogP) is 1.42. The van der Waals surface area contributed by atoms with Crippen LogP contribution in [0.15, 0.2) is 24.3 Å². The summed E-state index contributed by atoms with van der Waals surface area (Å²) in [6.45, 7) is 3.19. The molecule has 7 nitrogen and oxygen atoms in total. The molecule has 0 aliphatic rings. The van der Waals surface area contributed by atoms with Gasteiger partial charge in [-0.15, -0.1) is 0 Å². The highest BCUT2D eigenvalue weighted by Crippen LogP contribution is 2.16. The zero-order valence-electron chi connectivity index (χ0n) is 14.2. The number of rotatable bonds is 8. The lowest BCUT2D eigenvalue weighted by atomic mass is 10.1. The van der Waals surface area contributed by atoms with Crippen LogP contribution in [-0.2, 0) is 14.3 Å². The Hall–Kier alpha value is -2.41. The van der Waals surface area contributed by atoms with Gasteiger partial charge < -0.3 is 20.1 Å². The molecule has 0 saturated heterocycles. The summed E-state index contributed by atoms with van der Waals surface area (Å²) in [5.41, 5.74) is 0.885. The number of aliphatic hydroxyl groups excluding tert-OH is 1. The van der Waals surface area contributed by atoms with Crippen LogP contribution in [-0.4, -0.2) is 54.1 Å². The lowest BCUT2D eigenvalue weighted by Crippen LogP contribution is -2.43. The summed E-state index contributed by atoms with van der Waals surface area (Å²) < 4.78 is 4.61. The fourth-order valence-corrected chi connectivity index (χ4v) is 2.31. The molecular formula is C17H24N2O5. The molecule has 132 valence electrons. The minimum atomic E-state index is -0.424. The molecule has 7 heteroatoms. The van der Waals surface area contributed by atoms with Crippen LogP contribution in [0.25, 0.3) is 0 Å². The quantitative estimate of drug-likeness (QED) is 0.700. The normalized spacial score (nSPS) is 11.5. The van der Waals surface area contributed by atoms with Crippen molar-refractivity contribution >= 4 is 23.5 Å². The molecule has 1 unspecified atom stereocenters. The average Bonchev–Trinajstić information content (AvgIpc) is 2.57. The van der Waals surface area contributed by atoms with Crippen LogP contribution in [0.3, 0.4) is 0 Å². The van der Waals surface area contributed by atoms with Gasteiger partial charge in [0.15, 0.2) is 0 Å². The molecule has 0 bridgehead atoms. The Labute approximate surface area is 141 Å². The number of nitrogens with zero attached hydrogens (tertiary/aromatic N) is 1. The van der Waals surface area contributed by atoms with Crippen LogP contribution in [0.1, 0.15) is 37.0 Å². The van der Waals surface area contributed by atoms with E-state index in [1.54, 1.807) is 24.3 Å². The standard InChI is InChI=1S/C17H24N2O5/c1-4-15(11-20)19(9-8-16(22)24-3)17(23)13-6-5-7-14(10-13)18-12(2)21/h5-7,10,15,20H,4,8-9,11H2,1-3H3,(H,18,21). The third-order valence-electron chi connectivity index (χ3n) is 3.60. The van der Waals surface area contributed by atoms with E-state index in [4.69, 9.17) is 0 Å². The number of carbonyl (C=O) groups excluding carboxylic acids is 3. The van der Waals surface area contributed by atoms with Crippen molar-refractivity contribution in [1.82, 2.24) is 4.90 Å². The van der Waals surface area contributed by atoms with E-state index in [-0.39, 0.29) is 31.4 Å². The topological polar surface area (TPSA) is 95.9 Å². The molecule has 2 N–H and O–H groups in total. The molecule has 0 aliphatic heterocycles. The minimum absolute atomic E-state index is 0.0458. The third kappa shape index (κ3) is 5.66. The van der Waals surface area contributed by atoms with Gasteiger partial charge in [-0.05, 0) is 24.6 Å². The van der Waals surface area contributed by atoms with Gasteiger partial charge in [0.05, 0.1) is 26.2 Å².